The van der Waals surface area contributed by atoms with Crippen LogP contribution >= 0.6 is 0 Å². The highest BCUT2D eigenvalue weighted by Gasteiger charge is 2.68. The molecule has 0 aromatic heterocycles. The summed E-state index contributed by atoms with van der Waals surface area (Å²) in [4.78, 5) is 11.8. The first-order valence-corrected chi connectivity index (χ1v) is 6.96. The van der Waals surface area contributed by atoms with E-state index in [-0.39, 0.29) is 17.0 Å². The predicted octanol–water partition coefficient (Wildman–Crippen LogP) is 3.05. The molecule has 1 saturated heterocycles. The molecule has 2 bridgehead atoms. The van der Waals surface area contributed by atoms with Crippen molar-refractivity contribution in [3.05, 3.63) is 0 Å². The van der Waals surface area contributed by atoms with Gasteiger partial charge < -0.3 is 4.74 Å². The maximum atomic E-state index is 11.8. The fourth-order valence-electron chi connectivity index (χ4n) is 5.54. The normalized spacial score (nSPS) is 48.4. The quantitative estimate of drug-likeness (QED) is 0.586. The van der Waals surface area contributed by atoms with Crippen molar-refractivity contribution < 1.29 is 9.53 Å². The number of fused-ring (bicyclic) bond motifs is 4. The Kier molecular flexibility index (Phi) is 1.68. The Morgan fingerprint density at radius 2 is 2.00 bits per heavy atom. The SMILES string of the molecule is O=C1CC2(CC3CCC2C3)C2(CCCC2)O1. The van der Waals surface area contributed by atoms with Gasteiger partial charge in [0.2, 0.25) is 0 Å². The zero-order valence-corrected chi connectivity index (χ0v) is 9.84. The van der Waals surface area contributed by atoms with Gasteiger partial charge in [-0.2, -0.15) is 0 Å². The largest absolute Gasteiger partial charge is 0.458 e. The summed E-state index contributed by atoms with van der Waals surface area (Å²) < 4.78 is 5.86. The molecule has 3 aliphatic carbocycles. The number of hydrogen-bond acceptors (Lipinski definition) is 2. The molecule has 4 fully saturated rings. The van der Waals surface area contributed by atoms with Gasteiger partial charge in [-0.1, -0.05) is 6.42 Å². The molecule has 1 heterocycles. The summed E-state index contributed by atoms with van der Waals surface area (Å²) in [7, 11) is 0. The Morgan fingerprint density at radius 3 is 2.62 bits per heavy atom. The van der Waals surface area contributed by atoms with Crippen LogP contribution in [0.25, 0.3) is 0 Å². The zero-order chi connectivity index (χ0) is 10.8. The minimum atomic E-state index is -0.0100. The maximum absolute atomic E-state index is 11.8. The number of rotatable bonds is 0. The Labute approximate surface area is 96.7 Å². The predicted molar refractivity (Wildman–Crippen MR) is 59.8 cm³/mol. The molecule has 0 aromatic rings. The first-order chi connectivity index (χ1) is 7.74. The smallest absolute Gasteiger partial charge is 0.307 e. The van der Waals surface area contributed by atoms with E-state index in [4.69, 9.17) is 4.74 Å². The van der Waals surface area contributed by atoms with Gasteiger partial charge in [0, 0.05) is 5.41 Å². The maximum Gasteiger partial charge on any atom is 0.307 e. The van der Waals surface area contributed by atoms with Crippen LogP contribution in [0.15, 0.2) is 0 Å². The van der Waals surface area contributed by atoms with Gasteiger partial charge in [-0.25, -0.2) is 0 Å². The highest BCUT2D eigenvalue weighted by atomic mass is 16.6. The van der Waals surface area contributed by atoms with Crippen molar-refractivity contribution in [1.29, 1.82) is 0 Å². The third kappa shape index (κ3) is 0.930. The van der Waals surface area contributed by atoms with Gasteiger partial charge >= 0.3 is 5.97 Å². The standard InChI is InChI=1S/C14H20O2/c15-12-9-13(8-10-3-4-11(13)7-10)14(16-12)5-1-2-6-14/h10-11H,1-9H2. The lowest BCUT2D eigenvalue weighted by Crippen LogP contribution is -2.46. The summed E-state index contributed by atoms with van der Waals surface area (Å²) in [5.41, 5.74) is 0.271. The van der Waals surface area contributed by atoms with E-state index < -0.39 is 0 Å². The second-order valence-electron chi connectivity index (χ2n) is 6.59. The summed E-state index contributed by atoms with van der Waals surface area (Å²) in [6.07, 6.45) is 11.1. The zero-order valence-electron chi connectivity index (χ0n) is 9.84. The van der Waals surface area contributed by atoms with E-state index in [1.165, 1.54) is 38.5 Å². The van der Waals surface area contributed by atoms with E-state index in [0.29, 0.717) is 0 Å². The van der Waals surface area contributed by atoms with Crippen LogP contribution in [0, 0.1) is 17.3 Å². The molecule has 88 valence electrons. The second kappa shape index (κ2) is 2.83. The van der Waals surface area contributed by atoms with Crippen molar-refractivity contribution in [3.63, 3.8) is 0 Å². The van der Waals surface area contributed by atoms with E-state index in [0.717, 1.165) is 31.1 Å². The van der Waals surface area contributed by atoms with Crippen LogP contribution in [0.4, 0.5) is 0 Å². The molecule has 2 heteroatoms. The molecule has 0 radical (unpaired) electrons. The third-order valence-electron chi connectivity index (χ3n) is 6.06. The Balaban J connectivity index is 1.78. The van der Waals surface area contributed by atoms with Crippen LogP contribution in [0.1, 0.15) is 57.8 Å². The third-order valence-corrected chi connectivity index (χ3v) is 6.06. The Bertz CT molecular complexity index is 343. The van der Waals surface area contributed by atoms with Gasteiger partial charge in [-0.05, 0) is 56.8 Å². The first-order valence-electron chi connectivity index (χ1n) is 6.96. The van der Waals surface area contributed by atoms with Crippen molar-refractivity contribution in [2.75, 3.05) is 0 Å². The van der Waals surface area contributed by atoms with Crippen LogP contribution in [0.5, 0.6) is 0 Å². The monoisotopic (exact) mass is 220 g/mol. The molecular formula is C14H20O2. The fourth-order valence-corrected chi connectivity index (χ4v) is 5.54. The lowest BCUT2D eigenvalue weighted by atomic mass is 9.61. The van der Waals surface area contributed by atoms with Gasteiger partial charge in [-0.3, -0.25) is 4.79 Å². The van der Waals surface area contributed by atoms with Crippen molar-refractivity contribution >= 4 is 5.97 Å². The molecule has 3 saturated carbocycles. The van der Waals surface area contributed by atoms with Crippen LogP contribution < -0.4 is 0 Å². The van der Waals surface area contributed by atoms with Crippen LogP contribution in [-0.2, 0) is 9.53 Å². The Morgan fingerprint density at radius 1 is 1.19 bits per heavy atom. The Hall–Kier alpha value is -0.530. The van der Waals surface area contributed by atoms with Gasteiger partial charge in [0.25, 0.3) is 0 Å². The summed E-state index contributed by atoms with van der Waals surface area (Å²) in [6, 6.07) is 0. The van der Waals surface area contributed by atoms with Crippen molar-refractivity contribution in [2.24, 2.45) is 17.3 Å². The molecule has 2 nitrogen and oxygen atoms in total. The molecule has 1 aliphatic heterocycles. The molecule has 4 aliphatic rings. The van der Waals surface area contributed by atoms with Crippen LogP contribution in [0.3, 0.4) is 0 Å². The fraction of sp³-hybridized carbons (Fsp3) is 0.929. The highest BCUT2D eigenvalue weighted by molar-refractivity contribution is 5.74. The lowest BCUT2D eigenvalue weighted by Gasteiger charge is -2.44. The summed E-state index contributed by atoms with van der Waals surface area (Å²) in [5, 5.41) is 0. The van der Waals surface area contributed by atoms with E-state index in [9.17, 15) is 4.79 Å². The average molecular weight is 220 g/mol. The van der Waals surface area contributed by atoms with Gasteiger partial charge in [-0.15, -0.1) is 0 Å². The number of hydrogen-bond donors (Lipinski definition) is 0. The van der Waals surface area contributed by atoms with Gasteiger partial charge in [0.15, 0.2) is 0 Å². The summed E-state index contributed by atoms with van der Waals surface area (Å²) in [5.74, 6) is 1.83. The summed E-state index contributed by atoms with van der Waals surface area (Å²) in [6.45, 7) is 0. The first kappa shape index (κ1) is 9.49. The second-order valence-corrected chi connectivity index (χ2v) is 6.59. The topological polar surface area (TPSA) is 26.3 Å². The number of carbonyl (C=O) groups is 1. The minimum absolute atomic E-state index is 0.0100. The van der Waals surface area contributed by atoms with Gasteiger partial charge in [0.05, 0.1) is 6.42 Å². The van der Waals surface area contributed by atoms with E-state index in [1.54, 1.807) is 0 Å². The molecule has 2 spiro atoms. The van der Waals surface area contributed by atoms with Crippen LogP contribution in [-0.4, -0.2) is 11.6 Å². The van der Waals surface area contributed by atoms with E-state index in [1.807, 2.05) is 0 Å². The molecule has 3 unspecified atom stereocenters. The molecule has 0 N–H and O–H groups in total. The van der Waals surface area contributed by atoms with E-state index in [2.05, 4.69) is 0 Å². The van der Waals surface area contributed by atoms with Crippen molar-refractivity contribution in [1.82, 2.24) is 0 Å². The average Bonchev–Trinajstić information content (AvgIpc) is 2.93. The number of esters is 1. The lowest BCUT2D eigenvalue weighted by molar-refractivity contribution is -0.152. The number of ether oxygens (including phenoxy) is 1. The molecule has 16 heavy (non-hydrogen) atoms. The molecule has 0 amide bonds. The minimum Gasteiger partial charge on any atom is -0.458 e. The highest BCUT2D eigenvalue weighted by Crippen LogP contribution is 2.68. The molecular weight excluding hydrogens is 200 g/mol. The van der Waals surface area contributed by atoms with Crippen molar-refractivity contribution in [3.8, 4) is 0 Å². The van der Waals surface area contributed by atoms with Crippen LogP contribution in [0.2, 0.25) is 0 Å². The molecule has 3 atom stereocenters. The van der Waals surface area contributed by atoms with E-state index >= 15 is 0 Å². The summed E-state index contributed by atoms with van der Waals surface area (Å²) >= 11 is 0. The van der Waals surface area contributed by atoms with Gasteiger partial charge in [0.1, 0.15) is 5.60 Å². The molecule has 4 rings (SSSR count). The number of carbonyl (C=O) groups excluding carboxylic acids is 1. The molecule has 0 aromatic carbocycles. The van der Waals surface area contributed by atoms with Crippen molar-refractivity contribution in [2.45, 2.75) is 63.4 Å².